The lowest BCUT2D eigenvalue weighted by molar-refractivity contribution is -0.123. The van der Waals surface area contributed by atoms with Crippen LogP contribution in [-0.4, -0.2) is 30.7 Å². The second kappa shape index (κ2) is 11.0. The lowest BCUT2D eigenvalue weighted by Crippen LogP contribution is -2.48. The van der Waals surface area contributed by atoms with Gasteiger partial charge in [-0.25, -0.2) is 5.43 Å². The van der Waals surface area contributed by atoms with Crippen molar-refractivity contribution in [2.24, 2.45) is 11.0 Å². The summed E-state index contributed by atoms with van der Waals surface area (Å²) in [7, 11) is 0. The van der Waals surface area contributed by atoms with Crippen LogP contribution >= 0.6 is 15.9 Å². The maximum atomic E-state index is 12.6. The molecule has 2 aromatic carbocycles. The Labute approximate surface area is 178 Å². The van der Waals surface area contributed by atoms with Crippen molar-refractivity contribution in [1.29, 1.82) is 0 Å². The van der Waals surface area contributed by atoms with Crippen LogP contribution in [-0.2, 0) is 4.79 Å². The third kappa shape index (κ3) is 6.77. The van der Waals surface area contributed by atoms with E-state index in [1.54, 1.807) is 36.4 Å². The summed E-state index contributed by atoms with van der Waals surface area (Å²) in [4.78, 5) is 24.9. The molecule has 0 aliphatic carbocycles. The lowest BCUT2D eigenvalue weighted by Gasteiger charge is -2.20. The number of rotatable bonds is 8. The van der Waals surface area contributed by atoms with Gasteiger partial charge < -0.3 is 10.1 Å². The van der Waals surface area contributed by atoms with E-state index in [2.05, 4.69) is 37.7 Å². The molecule has 2 rings (SSSR count). The fourth-order valence-electron chi connectivity index (χ4n) is 2.46. The summed E-state index contributed by atoms with van der Waals surface area (Å²) in [6, 6.07) is 13.3. The minimum absolute atomic E-state index is 0.121. The molecule has 150 valence electrons. The highest BCUT2D eigenvalue weighted by atomic mass is 79.9. The van der Waals surface area contributed by atoms with E-state index in [9.17, 15) is 9.59 Å². The minimum atomic E-state index is -0.737. The maximum absolute atomic E-state index is 12.6. The molecule has 1 atom stereocenters. The molecule has 0 radical (unpaired) electrons. The number of hydrogen-bond acceptors (Lipinski definition) is 4. The number of halogens is 1. The number of nitrogens with one attached hydrogen (secondary N) is 2. The highest BCUT2D eigenvalue weighted by molar-refractivity contribution is 9.10. The Bertz CT molecular complexity index is 921. The van der Waals surface area contributed by atoms with Crippen molar-refractivity contribution in [3.05, 3.63) is 64.1 Å². The van der Waals surface area contributed by atoms with E-state index in [-0.39, 0.29) is 18.4 Å². The molecule has 0 aliphatic rings. The van der Waals surface area contributed by atoms with Crippen molar-refractivity contribution in [1.82, 2.24) is 10.7 Å². The summed E-state index contributed by atoms with van der Waals surface area (Å²) in [6.07, 6.45) is 6.69. The van der Waals surface area contributed by atoms with E-state index in [0.717, 1.165) is 4.47 Å². The van der Waals surface area contributed by atoms with Gasteiger partial charge in [-0.15, -0.1) is 6.42 Å². The minimum Gasteiger partial charge on any atom is -0.480 e. The van der Waals surface area contributed by atoms with Crippen molar-refractivity contribution in [2.75, 3.05) is 6.61 Å². The molecule has 0 aliphatic heterocycles. The number of carbonyl (C=O) groups is 2. The Kier molecular flexibility index (Phi) is 8.44. The standard InChI is InChI=1S/C22H22BrN3O3/c1-4-12-29-19-11-10-18(23)13-17(19)14-24-26-22(28)20(15(2)3)25-21(27)16-8-6-5-7-9-16/h1,5-11,13-15,20H,12H2,2-3H3,(H,25,27)(H,26,28)/b24-14+. The van der Waals surface area contributed by atoms with E-state index in [1.807, 2.05) is 26.0 Å². The van der Waals surface area contributed by atoms with Crippen LogP contribution in [0.2, 0.25) is 0 Å². The smallest absolute Gasteiger partial charge is 0.262 e. The second-order valence-electron chi connectivity index (χ2n) is 6.47. The van der Waals surface area contributed by atoms with E-state index >= 15 is 0 Å². The molecule has 1 unspecified atom stereocenters. The summed E-state index contributed by atoms with van der Waals surface area (Å²) >= 11 is 3.38. The normalized spacial score (nSPS) is 11.7. The number of nitrogens with zero attached hydrogens (tertiary/aromatic N) is 1. The van der Waals surface area contributed by atoms with Gasteiger partial charge in [0.05, 0.1) is 6.21 Å². The number of hydrazone groups is 1. The Morgan fingerprint density at radius 1 is 1.24 bits per heavy atom. The second-order valence-corrected chi connectivity index (χ2v) is 7.39. The monoisotopic (exact) mass is 455 g/mol. The van der Waals surface area contributed by atoms with Gasteiger partial charge in [-0.05, 0) is 36.2 Å². The summed E-state index contributed by atoms with van der Waals surface area (Å²) in [5.74, 6) is 2.09. The topological polar surface area (TPSA) is 79.8 Å². The summed E-state index contributed by atoms with van der Waals surface area (Å²) in [5.41, 5.74) is 3.60. The molecule has 0 aromatic heterocycles. The van der Waals surface area contributed by atoms with Gasteiger partial charge in [0.25, 0.3) is 11.8 Å². The molecule has 0 fully saturated rings. The fourth-order valence-corrected chi connectivity index (χ4v) is 2.83. The van der Waals surface area contributed by atoms with Crippen LogP contribution < -0.4 is 15.5 Å². The van der Waals surface area contributed by atoms with Crippen LogP contribution in [0.4, 0.5) is 0 Å². The third-order valence-electron chi connectivity index (χ3n) is 3.93. The van der Waals surface area contributed by atoms with Crippen molar-refractivity contribution in [2.45, 2.75) is 19.9 Å². The molecule has 0 bridgehead atoms. The number of ether oxygens (including phenoxy) is 1. The first-order chi connectivity index (χ1) is 13.9. The average molecular weight is 456 g/mol. The van der Waals surface area contributed by atoms with Gasteiger partial charge in [-0.3, -0.25) is 9.59 Å². The zero-order chi connectivity index (χ0) is 21.2. The van der Waals surface area contributed by atoms with E-state index in [4.69, 9.17) is 11.2 Å². The maximum Gasteiger partial charge on any atom is 0.262 e. The first-order valence-corrected chi connectivity index (χ1v) is 9.76. The van der Waals surface area contributed by atoms with Crippen LogP contribution in [0.5, 0.6) is 5.75 Å². The molecule has 2 amide bonds. The van der Waals surface area contributed by atoms with Gasteiger partial charge >= 0.3 is 0 Å². The van der Waals surface area contributed by atoms with E-state index < -0.39 is 11.9 Å². The Morgan fingerprint density at radius 3 is 2.62 bits per heavy atom. The molecule has 2 N–H and O–H groups in total. The molecule has 2 aromatic rings. The number of amides is 2. The zero-order valence-electron chi connectivity index (χ0n) is 16.2. The molecule has 7 heteroatoms. The molecular weight excluding hydrogens is 434 g/mol. The number of terminal acetylenes is 1. The Hall–Kier alpha value is -3.11. The molecule has 0 heterocycles. The van der Waals surface area contributed by atoms with Crippen LogP contribution in [0.3, 0.4) is 0 Å². The average Bonchev–Trinajstić information content (AvgIpc) is 2.71. The molecule has 29 heavy (non-hydrogen) atoms. The van der Waals surface area contributed by atoms with Crippen LogP contribution in [0.25, 0.3) is 0 Å². The third-order valence-corrected chi connectivity index (χ3v) is 4.43. The number of hydrogen-bond donors (Lipinski definition) is 2. The quantitative estimate of drug-likeness (QED) is 0.363. The predicted octanol–water partition coefficient (Wildman–Crippen LogP) is 3.37. The molecule has 0 spiro atoms. The van der Waals surface area contributed by atoms with Gasteiger partial charge in [0.1, 0.15) is 18.4 Å². The van der Waals surface area contributed by atoms with Crippen LogP contribution in [0.1, 0.15) is 29.8 Å². The van der Waals surface area contributed by atoms with E-state index in [1.165, 1.54) is 6.21 Å². The van der Waals surface area contributed by atoms with Crippen molar-refractivity contribution in [3.63, 3.8) is 0 Å². The van der Waals surface area contributed by atoms with E-state index in [0.29, 0.717) is 16.9 Å². The first kappa shape index (κ1) is 22.2. The highest BCUT2D eigenvalue weighted by Gasteiger charge is 2.24. The zero-order valence-corrected chi connectivity index (χ0v) is 17.8. The highest BCUT2D eigenvalue weighted by Crippen LogP contribution is 2.21. The van der Waals surface area contributed by atoms with Gasteiger partial charge in [-0.2, -0.15) is 5.10 Å². The largest absolute Gasteiger partial charge is 0.480 e. The van der Waals surface area contributed by atoms with Crippen molar-refractivity contribution < 1.29 is 14.3 Å². The molecular formula is C22H22BrN3O3. The van der Waals surface area contributed by atoms with Crippen molar-refractivity contribution >= 4 is 34.0 Å². The van der Waals surface area contributed by atoms with Gasteiger partial charge in [0.15, 0.2) is 0 Å². The fraction of sp³-hybridized carbons (Fsp3) is 0.227. The molecule has 6 nitrogen and oxygen atoms in total. The first-order valence-electron chi connectivity index (χ1n) is 8.97. The summed E-state index contributed by atoms with van der Waals surface area (Å²) in [5, 5.41) is 6.76. The number of carbonyl (C=O) groups excluding carboxylic acids is 2. The lowest BCUT2D eigenvalue weighted by atomic mass is 10.0. The molecule has 0 saturated heterocycles. The summed E-state index contributed by atoms with van der Waals surface area (Å²) < 4.78 is 6.30. The summed E-state index contributed by atoms with van der Waals surface area (Å²) in [6.45, 7) is 3.81. The van der Waals surface area contributed by atoms with Crippen molar-refractivity contribution in [3.8, 4) is 18.1 Å². The van der Waals surface area contributed by atoms with Crippen LogP contribution in [0, 0.1) is 18.3 Å². The Morgan fingerprint density at radius 2 is 1.97 bits per heavy atom. The number of benzene rings is 2. The van der Waals surface area contributed by atoms with Crippen LogP contribution in [0.15, 0.2) is 58.1 Å². The van der Waals surface area contributed by atoms with Gasteiger partial charge in [0, 0.05) is 15.6 Å². The Balaban J connectivity index is 2.06. The van der Waals surface area contributed by atoms with Gasteiger partial charge in [0.2, 0.25) is 0 Å². The van der Waals surface area contributed by atoms with Gasteiger partial charge in [-0.1, -0.05) is 53.9 Å². The molecule has 0 saturated carbocycles. The predicted molar refractivity (Wildman–Crippen MR) is 117 cm³/mol. The SMILES string of the molecule is C#CCOc1ccc(Br)cc1/C=N/NC(=O)C(NC(=O)c1ccccc1)C(C)C.